The molecule has 0 aliphatic heterocycles. The average molecular weight is 542 g/mol. The van der Waals surface area contributed by atoms with E-state index < -0.39 is 28.5 Å². The van der Waals surface area contributed by atoms with Crippen molar-refractivity contribution in [3.8, 4) is 0 Å². The number of nitrogens with one attached hydrogen (secondary N) is 1. The van der Waals surface area contributed by atoms with Crippen molar-refractivity contribution in [3.05, 3.63) is 95.0 Å². The Kier molecular flexibility index (Phi) is 9.72. The lowest BCUT2D eigenvalue weighted by molar-refractivity contribution is -0.139. The van der Waals surface area contributed by atoms with Crippen LogP contribution in [-0.4, -0.2) is 51.3 Å². The number of nitrogens with zero attached hydrogens (tertiary/aromatic N) is 2. The highest BCUT2D eigenvalue weighted by atomic mass is 35.5. The maximum atomic E-state index is 13.8. The van der Waals surface area contributed by atoms with Crippen LogP contribution in [0.2, 0.25) is 5.02 Å². The molecule has 3 aromatic rings. The van der Waals surface area contributed by atoms with Gasteiger partial charge in [-0.15, -0.1) is 0 Å². The zero-order valence-corrected chi connectivity index (χ0v) is 22.8. The van der Waals surface area contributed by atoms with Gasteiger partial charge >= 0.3 is 0 Å². The topological polar surface area (TPSA) is 86.8 Å². The second-order valence-corrected chi connectivity index (χ2v) is 10.8. The summed E-state index contributed by atoms with van der Waals surface area (Å²) in [5.74, 6) is -0.787. The van der Waals surface area contributed by atoms with Crippen LogP contribution >= 0.6 is 11.6 Å². The van der Waals surface area contributed by atoms with Crippen molar-refractivity contribution < 1.29 is 18.0 Å². The van der Waals surface area contributed by atoms with Crippen LogP contribution in [0.25, 0.3) is 0 Å². The van der Waals surface area contributed by atoms with Crippen molar-refractivity contribution in [2.45, 2.75) is 37.6 Å². The van der Waals surface area contributed by atoms with Gasteiger partial charge in [-0.05, 0) is 55.2 Å². The molecule has 7 nitrogen and oxygen atoms in total. The summed E-state index contributed by atoms with van der Waals surface area (Å²) in [6.45, 7) is 3.30. The molecule has 0 radical (unpaired) electrons. The number of hydrogen-bond donors (Lipinski definition) is 1. The molecule has 0 aliphatic rings. The molecule has 1 atom stereocenters. The van der Waals surface area contributed by atoms with Gasteiger partial charge in [0.05, 0.1) is 10.6 Å². The Hall–Kier alpha value is -3.36. The predicted octanol–water partition coefficient (Wildman–Crippen LogP) is 4.44. The first-order valence-electron chi connectivity index (χ1n) is 12.1. The normalized spacial score (nSPS) is 12.0. The number of halogens is 1. The van der Waals surface area contributed by atoms with Crippen molar-refractivity contribution >= 4 is 39.1 Å². The SMILES string of the molecule is CC[C@@H](C(=O)NC)N(CCc1ccccc1)C(=O)CN(c1cccc(Cl)c1C)S(=O)(=O)c1ccccc1. The van der Waals surface area contributed by atoms with E-state index >= 15 is 0 Å². The van der Waals surface area contributed by atoms with Crippen LogP contribution in [0.1, 0.15) is 24.5 Å². The number of rotatable bonds is 11. The fraction of sp³-hybridized carbons (Fsp3) is 0.286. The molecule has 3 rings (SSSR count). The van der Waals surface area contributed by atoms with Crippen LogP contribution in [0, 0.1) is 6.92 Å². The van der Waals surface area contributed by atoms with Gasteiger partial charge in [-0.2, -0.15) is 0 Å². The summed E-state index contributed by atoms with van der Waals surface area (Å²) in [7, 11) is -2.60. The lowest BCUT2D eigenvalue weighted by Gasteiger charge is -2.33. The van der Waals surface area contributed by atoms with Gasteiger partial charge in [0, 0.05) is 18.6 Å². The smallest absolute Gasteiger partial charge is 0.264 e. The largest absolute Gasteiger partial charge is 0.357 e. The molecule has 0 bridgehead atoms. The van der Waals surface area contributed by atoms with Gasteiger partial charge in [-0.1, -0.05) is 73.1 Å². The third kappa shape index (κ3) is 6.70. The van der Waals surface area contributed by atoms with Crippen LogP contribution in [-0.2, 0) is 26.0 Å². The summed E-state index contributed by atoms with van der Waals surface area (Å²) >= 11 is 6.33. The Labute approximate surface area is 224 Å². The molecule has 37 heavy (non-hydrogen) atoms. The fourth-order valence-corrected chi connectivity index (χ4v) is 5.82. The second kappa shape index (κ2) is 12.7. The maximum Gasteiger partial charge on any atom is 0.264 e. The predicted molar refractivity (Wildman–Crippen MR) is 147 cm³/mol. The van der Waals surface area contributed by atoms with E-state index in [0.717, 1.165) is 9.87 Å². The van der Waals surface area contributed by atoms with Crippen LogP contribution in [0.4, 0.5) is 5.69 Å². The number of anilines is 1. The van der Waals surface area contributed by atoms with E-state index in [9.17, 15) is 18.0 Å². The van der Waals surface area contributed by atoms with Gasteiger partial charge in [-0.3, -0.25) is 13.9 Å². The van der Waals surface area contributed by atoms with Gasteiger partial charge in [0.15, 0.2) is 0 Å². The van der Waals surface area contributed by atoms with E-state index in [-0.39, 0.29) is 17.3 Å². The highest BCUT2D eigenvalue weighted by Gasteiger charge is 2.33. The molecule has 0 fully saturated rings. The van der Waals surface area contributed by atoms with Crippen molar-refractivity contribution in [1.29, 1.82) is 0 Å². The Morgan fingerprint density at radius 1 is 0.946 bits per heavy atom. The van der Waals surface area contributed by atoms with Crippen LogP contribution in [0.15, 0.2) is 83.8 Å². The lowest BCUT2D eigenvalue weighted by atomic mass is 10.1. The lowest BCUT2D eigenvalue weighted by Crippen LogP contribution is -2.52. The second-order valence-electron chi connectivity index (χ2n) is 8.57. The Morgan fingerprint density at radius 3 is 2.16 bits per heavy atom. The molecule has 2 amide bonds. The highest BCUT2D eigenvalue weighted by Crippen LogP contribution is 2.31. The van der Waals surface area contributed by atoms with Crippen molar-refractivity contribution in [2.24, 2.45) is 0 Å². The Bertz CT molecular complexity index is 1320. The molecule has 196 valence electrons. The van der Waals surface area contributed by atoms with Gasteiger partial charge < -0.3 is 10.2 Å². The summed E-state index contributed by atoms with van der Waals surface area (Å²) < 4.78 is 28.7. The monoisotopic (exact) mass is 541 g/mol. The zero-order valence-electron chi connectivity index (χ0n) is 21.2. The molecule has 1 N–H and O–H groups in total. The molecule has 0 spiro atoms. The minimum absolute atomic E-state index is 0.0522. The molecule has 0 aromatic heterocycles. The fourth-order valence-electron chi connectivity index (χ4n) is 4.16. The highest BCUT2D eigenvalue weighted by molar-refractivity contribution is 7.92. The van der Waals surface area contributed by atoms with Crippen LogP contribution < -0.4 is 9.62 Å². The first kappa shape index (κ1) is 28.2. The maximum absolute atomic E-state index is 13.8. The van der Waals surface area contributed by atoms with E-state index in [1.54, 1.807) is 43.3 Å². The first-order chi connectivity index (χ1) is 17.7. The molecule has 0 saturated heterocycles. The van der Waals surface area contributed by atoms with Crippen LogP contribution in [0.3, 0.4) is 0 Å². The number of carbonyl (C=O) groups is 2. The molecule has 9 heteroatoms. The van der Waals surface area contributed by atoms with Gasteiger partial charge in [0.1, 0.15) is 12.6 Å². The minimum Gasteiger partial charge on any atom is -0.357 e. The molecule has 0 heterocycles. The van der Waals surface area contributed by atoms with Crippen molar-refractivity contribution in [3.63, 3.8) is 0 Å². The first-order valence-corrected chi connectivity index (χ1v) is 13.9. The summed E-state index contributed by atoms with van der Waals surface area (Å²) in [6.07, 6.45) is 0.892. The van der Waals surface area contributed by atoms with Gasteiger partial charge in [0.25, 0.3) is 10.0 Å². The number of carbonyl (C=O) groups excluding carboxylic acids is 2. The summed E-state index contributed by atoms with van der Waals surface area (Å²) in [6, 6.07) is 21.8. The van der Waals surface area contributed by atoms with E-state index in [1.807, 2.05) is 37.3 Å². The van der Waals surface area contributed by atoms with Gasteiger partial charge in [0.2, 0.25) is 11.8 Å². The summed E-state index contributed by atoms with van der Waals surface area (Å²) in [4.78, 5) is 28.1. The summed E-state index contributed by atoms with van der Waals surface area (Å²) in [5, 5.41) is 3.01. The Morgan fingerprint density at radius 2 is 1.57 bits per heavy atom. The van der Waals surface area contributed by atoms with E-state index in [4.69, 9.17) is 11.6 Å². The summed E-state index contributed by atoms with van der Waals surface area (Å²) in [5.41, 5.74) is 1.85. The molecule has 0 unspecified atom stereocenters. The molecule has 0 saturated carbocycles. The molecular weight excluding hydrogens is 510 g/mol. The van der Waals surface area contributed by atoms with Crippen molar-refractivity contribution in [2.75, 3.05) is 24.4 Å². The quantitative estimate of drug-likeness (QED) is 0.389. The molecule has 0 aliphatic carbocycles. The standard InChI is InChI=1S/C28H32ClN3O4S/c1-4-25(28(34)30-3)31(19-18-22-12-7-5-8-13-22)27(33)20-32(26-17-11-16-24(29)21(26)2)37(35,36)23-14-9-6-10-15-23/h5-17,25H,4,18-20H2,1-3H3,(H,30,34)/t25-/m0/s1. The van der Waals surface area contributed by atoms with Gasteiger partial charge in [-0.25, -0.2) is 8.42 Å². The average Bonchev–Trinajstić information content (AvgIpc) is 2.92. The Balaban J connectivity index is 2.03. The van der Waals surface area contributed by atoms with E-state index in [1.165, 1.54) is 24.1 Å². The molecule has 3 aromatic carbocycles. The zero-order chi connectivity index (χ0) is 27.0. The number of benzene rings is 3. The van der Waals surface area contributed by atoms with E-state index in [0.29, 0.717) is 29.1 Å². The van der Waals surface area contributed by atoms with E-state index in [2.05, 4.69) is 5.32 Å². The molecular formula is C28H32ClN3O4S. The number of likely N-dealkylation sites (N-methyl/N-ethyl adjacent to an activating group) is 1. The number of sulfonamides is 1. The number of hydrogen-bond acceptors (Lipinski definition) is 4. The number of amides is 2. The minimum atomic E-state index is -4.12. The van der Waals surface area contributed by atoms with Crippen LogP contribution in [0.5, 0.6) is 0 Å². The third-order valence-corrected chi connectivity index (χ3v) is 8.42. The third-order valence-electron chi connectivity index (χ3n) is 6.23. The van der Waals surface area contributed by atoms with Crippen molar-refractivity contribution in [1.82, 2.24) is 10.2 Å².